The molecule has 0 saturated carbocycles. The maximum atomic E-state index is 12.0. The Labute approximate surface area is 203 Å². The van der Waals surface area contributed by atoms with E-state index in [-0.39, 0.29) is 41.1 Å². The normalized spacial score (nSPS) is 12.4. The van der Waals surface area contributed by atoms with Crippen LogP contribution < -0.4 is 5.32 Å². The summed E-state index contributed by atoms with van der Waals surface area (Å²) in [5.74, 6) is 0.139. The standard InChI is InChI=1S/C26H31N5O4/c1-5-16(25(34)27-4)8-10-30-11-9-17-12-18(6-7-21(17)30)31-24(28-29-26(31)35)20-13-19(15(2)3)22(32)14-23(20)33/h6-7,9,11-16,32-33H,5,8,10H2,1-4H3,(H,27,34)(H,29,35). The molecule has 9 heteroatoms. The Morgan fingerprint density at radius 1 is 1.06 bits per heavy atom. The van der Waals surface area contributed by atoms with E-state index in [2.05, 4.69) is 20.1 Å². The van der Waals surface area contributed by atoms with Crippen molar-refractivity contribution in [2.24, 2.45) is 5.92 Å². The van der Waals surface area contributed by atoms with Gasteiger partial charge < -0.3 is 25.2 Å². The van der Waals surface area contributed by atoms with Crippen molar-refractivity contribution in [2.45, 2.75) is 46.1 Å². The first-order valence-corrected chi connectivity index (χ1v) is 11.8. The van der Waals surface area contributed by atoms with Crippen LogP contribution in [0.3, 0.4) is 0 Å². The summed E-state index contributed by atoms with van der Waals surface area (Å²) in [6.45, 7) is 6.60. The van der Waals surface area contributed by atoms with Gasteiger partial charge in [0.05, 0.1) is 11.3 Å². The van der Waals surface area contributed by atoms with Gasteiger partial charge in [-0.15, -0.1) is 5.10 Å². The number of aryl methyl sites for hydroxylation is 1. The molecule has 184 valence electrons. The first-order valence-electron chi connectivity index (χ1n) is 11.8. The number of hydrogen-bond donors (Lipinski definition) is 4. The van der Waals surface area contributed by atoms with Crippen molar-refractivity contribution in [3.8, 4) is 34.6 Å². The highest BCUT2D eigenvalue weighted by Gasteiger charge is 2.21. The van der Waals surface area contributed by atoms with Crippen LogP contribution in [0.2, 0.25) is 0 Å². The van der Waals surface area contributed by atoms with E-state index in [1.54, 1.807) is 13.1 Å². The number of carbonyl (C=O) groups excluding carboxylic acids is 1. The number of aromatic hydroxyl groups is 3. The molecule has 35 heavy (non-hydrogen) atoms. The molecule has 1 atom stereocenters. The predicted molar refractivity (Wildman–Crippen MR) is 134 cm³/mol. The van der Waals surface area contributed by atoms with Crippen molar-refractivity contribution in [2.75, 3.05) is 7.05 Å². The zero-order valence-electron chi connectivity index (χ0n) is 20.4. The minimum atomic E-state index is -0.311. The lowest BCUT2D eigenvalue weighted by molar-refractivity contribution is -0.124. The molecule has 0 spiro atoms. The Bertz CT molecular complexity index is 1370. The molecule has 0 aliphatic heterocycles. The first-order chi connectivity index (χ1) is 16.7. The molecule has 2 aromatic heterocycles. The molecule has 1 unspecified atom stereocenters. The largest absolute Gasteiger partial charge is 0.508 e. The van der Waals surface area contributed by atoms with Crippen LogP contribution in [0.5, 0.6) is 17.5 Å². The van der Waals surface area contributed by atoms with E-state index in [1.165, 1.54) is 10.6 Å². The second-order valence-corrected chi connectivity index (χ2v) is 9.00. The number of phenolic OH excluding ortho intramolecular Hbond substituents is 2. The molecular weight excluding hydrogens is 446 g/mol. The monoisotopic (exact) mass is 477 g/mol. The van der Waals surface area contributed by atoms with Gasteiger partial charge in [-0.3, -0.25) is 4.79 Å². The number of carbonyl (C=O) groups is 1. The summed E-state index contributed by atoms with van der Waals surface area (Å²) >= 11 is 0. The minimum Gasteiger partial charge on any atom is -0.508 e. The van der Waals surface area contributed by atoms with Crippen molar-refractivity contribution in [1.29, 1.82) is 0 Å². The molecule has 0 fully saturated rings. The van der Waals surface area contributed by atoms with E-state index in [1.807, 2.05) is 51.2 Å². The number of fused-ring (bicyclic) bond motifs is 1. The zero-order chi connectivity index (χ0) is 25.3. The van der Waals surface area contributed by atoms with Gasteiger partial charge in [0.2, 0.25) is 5.91 Å². The van der Waals surface area contributed by atoms with E-state index in [0.717, 1.165) is 23.7 Å². The molecule has 2 heterocycles. The van der Waals surface area contributed by atoms with E-state index >= 15 is 0 Å². The number of amides is 1. The SMILES string of the molecule is CCC(CCn1ccc2cc(-n3c(O)nnc3-c3cc(C(C)C)c(O)cc3O)ccc21)C(=O)NC. The number of aromatic nitrogens is 4. The third kappa shape index (κ3) is 4.53. The van der Waals surface area contributed by atoms with Crippen LogP contribution in [0.25, 0.3) is 28.0 Å². The second-order valence-electron chi connectivity index (χ2n) is 9.00. The summed E-state index contributed by atoms with van der Waals surface area (Å²) in [6, 6.07) is 10.3. The predicted octanol–water partition coefficient (Wildman–Crippen LogP) is 4.29. The van der Waals surface area contributed by atoms with Crippen LogP contribution in [0.1, 0.15) is 45.1 Å². The van der Waals surface area contributed by atoms with Gasteiger partial charge in [0.1, 0.15) is 11.5 Å². The Hall–Kier alpha value is -4.01. The smallest absolute Gasteiger partial charge is 0.319 e. The maximum absolute atomic E-state index is 12.0. The van der Waals surface area contributed by atoms with Gasteiger partial charge in [-0.05, 0) is 54.7 Å². The molecule has 0 aliphatic rings. The second kappa shape index (κ2) is 9.69. The van der Waals surface area contributed by atoms with Gasteiger partial charge in [-0.25, -0.2) is 4.57 Å². The number of rotatable bonds is 8. The van der Waals surface area contributed by atoms with Crippen LogP contribution >= 0.6 is 0 Å². The zero-order valence-corrected chi connectivity index (χ0v) is 20.4. The Balaban J connectivity index is 1.70. The lowest BCUT2D eigenvalue weighted by atomic mass is 9.98. The Morgan fingerprint density at radius 2 is 1.83 bits per heavy atom. The summed E-state index contributed by atoms with van der Waals surface area (Å²) in [5.41, 5.74) is 2.64. The minimum absolute atomic E-state index is 0.000951. The van der Waals surface area contributed by atoms with Crippen LogP contribution in [-0.4, -0.2) is 47.6 Å². The maximum Gasteiger partial charge on any atom is 0.319 e. The number of nitrogens with one attached hydrogen (secondary N) is 1. The molecule has 0 saturated heterocycles. The number of nitrogens with zero attached hydrogens (tertiary/aromatic N) is 4. The third-order valence-corrected chi connectivity index (χ3v) is 6.50. The molecule has 2 aromatic carbocycles. The lowest BCUT2D eigenvalue weighted by Crippen LogP contribution is -2.27. The summed E-state index contributed by atoms with van der Waals surface area (Å²) in [4.78, 5) is 12.0. The van der Waals surface area contributed by atoms with Crippen LogP contribution in [-0.2, 0) is 11.3 Å². The average Bonchev–Trinajstić information content (AvgIpc) is 3.41. The van der Waals surface area contributed by atoms with Crippen molar-refractivity contribution < 1.29 is 20.1 Å². The number of benzene rings is 2. The number of hydrogen-bond acceptors (Lipinski definition) is 6. The molecule has 0 aliphatic carbocycles. The van der Waals surface area contributed by atoms with Crippen molar-refractivity contribution in [3.63, 3.8) is 0 Å². The van der Waals surface area contributed by atoms with Crippen molar-refractivity contribution in [3.05, 3.63) is 48.2 Å². The molecule has 4 rings (SSSR count). The molecule has 1 amide bonds. The molecular formula is C26H31N5O4. The van der Waals surface area contributed by atoms with Gasteiger partial charge in [0.25, 0.3) is 0 Å². The van der Waals surface area contributed by atoms with Gasteiger partial charge in [0.15, 0.2) is 5.82 Å². The first kappa shape index (κ1) is 24.1. The fourth-order valence-electron chi connectivity index (χ4n) is 4.47. The molecule has 4 aromatic rings. The number of phenols is 2. The Kier molecular flexibility index (Phi) is 6.68. The fraction of sp³-hybridized carbons (Fsp3) is 0.346. The highest BCUT2D eigenvalue weighted by molar-refractivity contribution is 5.83. The van der Waals surface area contributed by atoms with Gasteiger partial charge in [-0.1, -0.05) is 25.9 Å². The van der Waals surface area contributed by atoms with E-state index in [9.17, 15) is 20.1 Å². The topological polar surface area (TPSA) is 125 Å². The average molecular weight is 478 g/mol. The van der Waals surface area contributed by atoms with Crippen molar-refractivity contribution >= 4 is 16.8 Å². The van der Waals surface area contributed by atoms with E-state index in [0.29, 0.717) is 23.4 Å². The van der Waals surface area contributed by atoms with Crippen LogP contribution in [0.15, 0.2) is 42.6 Å². The highest BCUT2D eigenvalue weighted by atomic mass is 16.3. The third-order valence-electron chi connectivity index (χ3n) is 6.50. The van der Waals surface area contributed by atoms with Gasteiger partial charge in [0, 0.05) is 42.7 Å². The van der Waals surface area contributed by atoms with Gasteiger partial charge in [-0.2, -0.15) is 0 Å². The van der Waals surface area contributed by atoms with Crippen molar-refractivity contribution in [1.82, 2.24) is 24.6 Å². The van der Waals surface area contributed by atoms with E-state index in [4.69, 9.17) is 0 Å². The van der Waals surface area contributed by atoms with Crippen LogP contribution in [0, 0.1) is 5.92 Å². The lowest BCUT2D eigenvalue weighted by Gasteiger charge is -2.15. The molecule has 9 nitrogen and oxygen atoms in total. The molecule has 0 radical (unpaired) electrons. The van der Waals surface area contributed by atoms with E-state index < -0.39 is 0 Å². The Morgan fingerprint density at radius 3 is 2.51 bits per heavy atom. The van der Waals surface area contributed by atoms with Gasteiger partial charge >= 0.3 is 6.01 Å². The molecule has 0 bridgehead atoms. The summed E-state index contributed by atoms with van der Waals surface area (Å²) < 4.78 is 3.57. The summed E-state index contributed by atoms with van der Waals surface area (Å²) in [7, 11) is 1.66. The quantitative estimate of drug-likeness (QED) is 0.300. The molecule has 4 N–H and O–H groups in total. The van der Waals surface area contributed by atoms with Crippen LogP contribution in [0.4, 0.5) is 0 Å². The highest BCUT2D eigenvalue weighted by Crippen LogP contribution is 2.39. The summed E-state index contributed by atoms with van der Waals surface area (Å²) in [5, 5.41) is 42.9. The summed E-state index contributed by atoms with van der Waals surface area (Å²) in [6.07, 6.45) is 3.50. The fourth-order valence-corrected chi connectivity index (χ4v) is 4.47.